The molecule has 19 heavy (non-hydrogen) atoms. The maximum atomic E-state index is 10.7. The zero-order chi connectivity index (χ0) is 13.8. The zero-order valence-corrected chi connectivity index (χ0v) is 11.1. The molecule has 0 amide bonds. The number of hydrogen-bond acceptors (Lipinski definition) is 3. The molecule has 2 aromatic rings. The van der Waals surface area contributed by atoms with E-state index in [0.29, 0.717) is 21.3 Å². The van der Waals surface area contributed by atoms with Crippen LogP contribution >= 0.6 is 23.2 Å². The third-order valence-corrected chi connectivity index (χ3v) is 2.93. The Labute approximate surface area is 119 Å². The molecule has 4 nitrogen and oxygen atoms in total. The van der Waals surface area contributed by atoms with E-state index in [0.717, 1.165) is 0 Å². The van der Waals surface area contributed by atoms with Crippen molar-refractivity contribution in [1.29, 1.82) is 0 Å². The van der Waals surface area contributed by atoms with Crippen LogP contribution in [0.3, 0.4) is 0 Å². The molecule has 2 aromatic carbocycles. The van der Waals surface area contributed by atoms with Gasteiger partial charge in [0.15, 0.2) is 0 Å². The second-order valence-corrected chi connectivity index (χ2v) is 4.54. The maximum Gasteiger partial charge on any atom is 0.270 e. The van der Waals surface area contributed by atoms with E-state index in [1.807, 2.05) is 0 Å². The lowest BCUT2D eigenvalue weighted by molar-refractivity contribution is -0.384. The van der Waals surface area contributed by atoms with Crippen LogP contribution in [0.5, 0.6) is 0 Å². The van der Waals surface area contributed by atoms with E-state index >= 15 is 0 Å². The quantitative estimate of drug-likeness (QED) is 0.470. The molecule has 0 aliphatic carbocycles. The maximum absolute atomic E-state index is 10.7. The second kappa shape index (κ2) is 5.82. The van der Waals surface area contributed by atoms with Crippen molar-refractivity contribution in [2.75, 3.05) is 0 Å². The summed E-state index contributed by atoms with van der Waals surface area (Å²) in [7, 11) is 0. The van der Waals surface area contributed by atoms with Crippen molar-refractivity contribution >= 4 is 40.8 Å². The molecule has 0 bridgehead atoms. The van der Waals surface area contributed by atoms with Crippen LogP contribution in [0, 0.1) is 10.1 Å². The van der Waals surface area contributed by atoms with Crippen LogP contribution in [0.15, 0.2) is 47.5 Å². The molecule has 0 aliphatic rings. The molecule has 0 saturated carbocycles. The summed E-state index contributed by atoms with van der Waals surface area (Å²) in [6, 6.07) is 11.1. The van der Waals surface area contributed by atoms with E-state index in [-0.39, 0.29) is 5.69 Å². The van der Waals surface area contributed by atoms with Crippen molar-refractivity contribution in [3.63, 3.8) is 0 Å². The van der Waals surface area contributed by atoms with Gasteiger partial charge in [0.05, 0.1) is 10.6 Å². The summed E-state index contributed by atoms with van der Waals surface area (Å²) in [5.41, 5.74) is 1.10. The van der Waals surface area contributed by atoms with E-state index in [1.165, 1.54) is 24.4 Å². The number of halogens is 2. The molecule has 0 aliphatic heterocycles. The summed E-state index contributed by atoms with van der Waals surface area (Å²) in [6.45, 7) is 0. The molecule has 0 heterocycles. The molecule has 0 radical (unpaired) electrons. The average molecular weight is 295 g/mol. The minimum Gasteiger partial charge on any atom is -0.258 e. The first-order valence-electron chi connectivity index (χ1n) is 5.30. The number of hydrogen-bond donors (Lipinski definition) is 0. The SMILES string of the molecule is O=[N+]([O-])c1ccc(Cl)c(C=Nc2cccc(Cl)c2)c1. The number of aliphatic imine (C=N–C) groups is 1. The normalized spacial score (nSPS) is 10.8. The van der Waals surface area contributed by atoms with Crippen LogP contribution in [0.4, 0.5) is 11.4 Å². The Balaban J connectivity index is 2.32. The Morgan fingerprint density at radius 3 is 2.63 bits per heavy atom. The standard InChI is InChI=1S/C13H8Cl2N2O2/c14-10-2-1-3-11(7-10)16-8-9-6-12(17(18)19)4-5-13(9)15/h1-8H. The smallest absolute Gasteiger partial charge is 0.258 e. The lowest BCUT2D eigenvalue weighted by Gasteiger charge is -1.98. The van der Waals surface area contributed by atoms with Crippen molar-refractivity contribution in [3.05, 3.63) is 68.2 Å². The van der Waals surface area contributed by atoms with Crippen LogP contribution in [-0.4, -0.2) is 11.1 Å². The van der Waals surface area contributed by atoms with Gasteiger partial charge in [0.25, 0.3) is 5.69 Å². The number of non-ortho nitro benzene ring substituents is 1. The molecule has 0 fully saturated rings. The Morgan fingerprint density at radius 1 is 1.16 bits per heavy atom. The molecule has 0 spiro atoms. The van der Waals surface area contributed by atoms with Gasteiger partial charge in [0, 0.05) is 34.0 Å². The van der Waals surface area contributed by atoms with E-state index in [2.05, 4.69) is 4.99 Å². The fraction of sp³-hybridized carbons (Fsp3) is 0. The van der Waals surface area contributed by atoms with E-state index in [4.69, 9.17) is 23.2 Å². The van der Waals surface area contributed by atoms with Crippen LogP contribution in [0.1, 0.15) is 5.56 Å². The molecule has 0 unspecified atom stereocenters. The average Bonchev–Trinajstić information content (AvgIpc) is 2.37. The molecule has 0 atom stereocenters. The Hall–Kier alpha value is -1.91. The Bertz CT molecular complexity index is 657. The highest BCUT2D eigenvalue weighted by molar-refractivity contribution is 6.33. The van der Waals surface area contributed by atoms with E-state index in [9.17, 15) is 10.1 Å². The highest BCUT2D eigenvalue weighted by atomic mass is 35.5. The van der Waals surface area contributed by atoms with Crippen molar-refractivity contribution < 1.29 is 4.92 Å². The van der Waals surface area contributed by atoms with Gasteiger partial charge in [-0.3, -0.25) is 15.1 Å². The fourth-order valence-corrected chi connectivity index (χ4v) is 1.80. The molecule has 96 valence electrons. The third-order valence-electron chi connectivity index (χ3n) is 2.35. The van der Waals surface area contributed by atoms with Gasteiger partial charge in [-0.1, -0.05) is 29.3 Å². The lowest BCUT2D eigenvalue weighted by Crippen LogP contribution is -1.90. The largest absolute Gasteiger partial charge is 0.270 e. The summed E-state index contributed by atoms with van der Waals surface area (Å²) in [5.74, 6) is 0. The highest BCUT2D eigenvalue weighted by Crippen LogP contribution is 2.22. The number of benzene rings is 2. The predicted molar refractivity (Wildman–Crippen MR) is 76.8 cm³/mol. The van der Waals surface area contributed by atoms with Crippen molar-refractivity contribution in [3.8, 4) is 0 Å². The summed E-state index contributed by atoms with van der Waals surface area (Å²) in [5, 5.41) is 11.7. The van der Waals surface area contributed by atoms with Crippen LogP contribution in [0.25, 0.3) is 0 Å². The van der Waals surface area contributed by atoms with Gasteiger partial charge in [0.1, 0.15) is 0 Å². The van der Waals surface area contributed by atoms with Gasteiger partial charge in [-0.15, -0.1) is 0 Å². The topological polar surface area (TPSA) is 55.5 Å². The van der Waals surface area contributed by atoms with Gasteiger partial charge in [-0.05, 0) is 24.3 Å². The summed E-state index contributed by atoms with van der Waals surface area (Å²) in [6.07, 6.45) is 1.47. The summed E-state index contributed by atoms with van der Waals surface area (Å²) < 4.78 is 0. The fourth-order valence-electron chi connectivity index (χ4n) is 1.44. The zero-order valence-electron chi connectivity index (χ0n) is 9.59. The van der Waals surface area contributed by atoms with Gasteiger partial charge < -0.3 is 0 Å². The molecule has 2 rings (SSSR count). The molecule has 6 heteroatoms. The first-order valence-corrected chi connectivity index (χ1v) is 6.05. The van der Waals surface area contributed by atoms with Crippen LogP contribution < -0.4 is 0 Å². The van der Waals surface area contributed by atoms with Gasteiger partial charge >= 0.3 is 0 Å². The van der Waals surface area contributed by atoms with Crippen molar-refractivity contribution in [1.82, 2.24) is 0 Å². The third kappa shape index (κ3) is 3.53. The van der Waals surface area contributed by atoms with Gasteiger partial charge in [0.2, 0.25) is 0 Å². The molecule has 0 N–H and O–H groups in total. The van der Waals surface area contributed by atoms with Crippen LogP contribution in [0.2, 0.25) is 10.0 Å². The Kier molecular flexibility index (Phi) is 4.14. The van der Waals surface area contributed by atoms with Crippen LogP contribution in [-0.2, 0) is 0 Å². The summed E-state index contributed by atoms with van der Waals surface area (Å²) >= 11 is 11.8. The number of nitro benzene ring substituents is 1. The minimum atomic E-state index is -0.479. The van der Waals surface area contributed by atoms with E-state index in [1.54, 1.807) is 24.3 Å². The second-order valence-electron chi connectivity index (χ2n) is 3.70. The number of nitrogens with zero attached hydrogens (tertiary/aromatic N) is 2. The monoisotopic (exact) mass is 294 g/mol. The minimum absolute atomic E-state index is 0.0306. The predicted octanol–water partition coefficient (Wildman–Crippen LogP) is 4.65. The lowest BCUT2D eigenvalue weighted by atomic mass is 10.2. The number of rotatable bonds is 3. The van der Waals surface area contributed by atoms with Crippen molar-refractivity contribution in [2.24, 2.45) is 4.99 Å². The molecular formula is C13H8Cl2N2O2. The molecule has 0 aromatic heterocycles. The number of nitro groups is 1. The van der Waals surface area contributed by atoms with Crippen molar-refractivity contribution in [2.45, 2.75) is 0 Å². The first-order chi connectivity index (χ1) is 9.06. The van der Waals surface area contributed by atoms with Gasteiger partial charge in [-0.25, -0.2) is 0 Å². The van der Waals surface area contributed by atoms with Gasteiger partial charge in [-0.2, -0.15) is 0 Å². The molecular weight excluding hydrogens is 287 g/mol. The van der Waals surface area contributed by atoms with E-state index < -0.39 is 4.92 Å². The summed E-state index contributed by atoms with van der Waals surface area (Å²) in [4.78, 5) is 14.4. The molecule has 0 saturated heterocycles. The first kappa shape index (κ1) is 13.5. The Morgan fingerprint density at radius 2 is 1.95 bits per heavy atom. The highest BCUT2D eigenvalue weighted by Gasteiger charge is 2.08.